The van der Waals surface area contributed by atoms with Crippen LogP contribution in [0.3, 0.4) is 0 Å². The zero-order chi connectivity index (χ0) is 21.9. The highest BCUT2D eigenvalue weighted by molar-refractivity contribution is 6.17. The average Bonchev–Trinajstić information content (AvgIpc) is 2.85. The number of benzene rings is 4. The lowest BCUT2D eigenvalue weighted by Gasteiger charge is -2.19. The van der Waals surface area contributed by atoms with E-state index in [9.17, 15) is 9.59 Å². The van der Waals surface area contributed by atoms with Crippen molar-refractivity contribution in [3.05, 3.63) is 103 Å². The van der Waals surface area contributed by atoms with Crippen LogP contribution < -0.4 is 10.6 Å². The number of aromatic nitrogens is 1. The van der Waals surface area contributed by atoms with E-state index in [0.717, 1.165) is 32.7 Å². The van der Waals surface area contributed by atoms with Crippen molar-refractivity contribution in [1.29, 1.82) is 0 Å². The van der Waals surface area contributed by atoms with Crippen molar-refractivity contribution in [2.45, 2.75) is 0 Å². The molecule has 0 spiro atoms. The summed E-state index contributed by atoms with van der Waals surface area (Å²) in [6.07, 6.45) is 3.84. The number of hydrogen-bond donors (Lipinski definition) is 2. The van der Waals surface area contributed by atoms with Gasteiger partial charge in [0.1, 0.15) is 0 Å². The summed E-state index contributed by atoms with van der Waals surface area (Å²) >= 11 is 0. The molecule has 154 valence electrons. The van der Waals surface area contributed by atoms with Crippen LogP contribution in [0.4, 0.5) is 11.4 Å². The summed E-state index contributed by atoms with van der Waals surface area (Å²) in [5.74, 6) is -0.250. The van der Waals surface area contributed by atoms with E-state index in [1.54, 1.807) is 18.3 Å². The van der Waals surface area contributed by atoms with E-state index in [4.69, 9.17) is 0 Å². The highest BCUT2D eigenvalue weighted by atomic mass is 16.1. The van der Waals surface area contributed by atoms with Crippen LogP contribution in [0.25, 0.3) is 32.7 Å². The molecule has 0 aliphatic carbocycles. The molecule has 5 aromatic rings. The third kappa shape index (κ3) is 3.46. The first-order valence-corrected chi connectivity index (χ1v) is 10.2. The minimum absolute atomic E-state index is 0.250. The molecular weight excluding hydrogens is 398 g/mol. The number of fused-ring (bicyclic) bond motifs is 2. The normalized spacial score (nSPS) is 10.8. The summed E-state index contributed by atoms with van der Waals surface area (Å²) in [4.78, 5) is 28.5. The Morgan fingerprint density at radius 3 is 1.97 bits per heavy atom. The van der Waals surface area contributed by atoms with Crippen LogP contribution in [0.15, 0.2) is 97.3 Å². The number of hydrogen-bond acceptors (Lipinski definition) is 3. The van der Waals surface area contributed by atoms with Crippen LogP contribution in [-0.4, -0.2) is 17.3 Å². The lowest BCUT2D eigenvalue weighted by molar-refractivity contribution is -0.105. The number of anilines is 2. The molecule has 4 aromatic carbocycles. The quantitative estimate of drug-likeness (QED) is 0.351. The minimum Gasteiger partial charge on any atom is -0.328 e. The largest absolute Gasteiger partial charge is 0.328 e. The maximum atomic E-state index is 13.0. The first-order valence-electron chi connectivity index (χ1n) is 10.2. The number of carbonyl (C=O) groups is 2. The van der Waals surface area contributed by atoms with Crippen molar-refractivity contribution < 1.29 is 9.59 Å². The Balaban J connectivity index is 1.80. The van der Waals surface area contributed by atoms with E-state index >= 15 is 0 Å². The van der Waals surface area contributed by atoms with Gasteiger partial charge in [0.15, 0.2) is 0 Å². The van der Waals surface area contributed by atoms with Crippen LogP contribution in [0.5, 0.6) is 0 Å². The molecule has 0 unspecified atom stereocenters. The fourth-order valence-electron chi connectivity index (χ4n) is 4.06. The van der Waals surface area contributed by atoms with Gasteiger partial charge in [-0.1, -0.05) is 60.7 Å². The number of nitrogens with zero attached hydrogens (tertiary/aromatic N) is 1. The van der Waals surface area contributed by atoms with Gasteiger partial charge in [-0.15, -0.1) is 0 Å². The van der Waals surface area contributed by atoms with Gasteiger partial charge in [0.25, 0.3) is 5.91 Å². The Labute approximate surface area is 184 Å². The fraction of sp³-hybridized carbons (Fsp3) is 0. The number of pyridine rings is 1. The molecule has 0 radical (unpaired) electrons. The lowest BCUT2D eigenvalue weighted by Crippen LogP contribution is -2.13. The number of nitrogens with one attached hydrogen (secondary N) is 2. The van der Waals surface area contributed by atoms with Gasteiger partial charge < -0.3 is 10.6 Å². The van der Waals surface area contributed by atoms with E-state index in [0.29, 0.717) is 23.3 Å². The molecule has 0 atom stereocenters. The highest BCUT2D eigenvalue weighted by Crippen LogP contribution is 2.43. The molecule has 0 fully saturated rings. The van der Waals surface area contributed by atoms with Gasteiger partial charge in [-0.2, -0.15) is 0 Å². The molecule has 0 saturated heterocycles. The maximum Gasteiger partial charge on any atom is 0.257 e. The second kappa shape index (κ2) is 8.32. The third-order valence-corrected chi connectivity index (χ3v) is 5.49. The Kier molecular flexibility index (Phi) is 5.06. The van der Waals surface area contributed by atoms with Crippen molar-refractivity contribution in [3.8, 4) is 11.1 Å². The molecule has 32 heavy (non-hydrogen) atoms. The van der Waals surface area contributed by atoms with Crippen molar-refractivity contribution >= 4 is 45.2 Å². The topological polar surface area (TPSA) is 71.1 Å². The predicted octanol–water partition coefficient (Wildman–Crippen LogP) is 5.88. The van der Waals surface area contributed by atoms with Gasteiger partial charge in [-0.3, -0.25) is 14.6 Å². The Morgan fingerprint density at radius 1 is 0.719 bits per heavy atom. The van der Waals surface area contributed by atoms with Gasteiger partial charge in [-0.25, -0.2) is 0 Å². The molecule has 2 amide bonds. The molecule has 1 aromatic heterocycles. The summed E-state index contributed by atoms with van der Waals surface area (Å²) in [5, 5.41) is 9.92. The Hall–Kier alpha value is -4.51. The van der Waals surface area contributed by atoms with Gasteiger partial charge in [0.05, 0.1) is 5.56 Å². The Morgan fingerprint density at radius 2 is 1.34 bits per heavy atom. The van der Waals surface area contributed by atoms with E-state index in [1.807, 2.05) is 72.8 Å². The van der Waals surface area contributed by atoms with E-state index in [2.05, 4.69) is 15.6 Å². The van der Waals surface area contributed by atoms with Gasteiger partial charge in [-0.05, 0) is 45.8 Å². The summed E-state index contributed by atoms with van der Waals surface area (Å²) in [5.41, 5.74) is 3.50. The van der Waals surface area contributed by atoms with Crippen LogP contribution in [0.1, 0.15) is 10.4 Å². The second-order valence-electron chi connectivity index (χ2n) is 7.38. The first kappa shape index (κ1) is 19.5. The molecule has 0 aliphatic heterocycles. The highest BCUT2D eigenvalue weighted by Gasteiger charge is 2.18. The molecular formula is C27H19N3O2. The SMILES string of the molecule is O=CNc1ccc2ccccc2c1-c1c(NC(=O)c2cccnc2)ccc2ccccc12. The molecule has 5 heteroatoms. The van der Waals surface area contributed by atoms with Gasteiger partial charge in [0, 0.05) is 34.9 Å². The number of amides is 2. The third-order valence-electron chi connectivity index (χ3n) is 5.49. The molecule has 2 N–H and O–H groups in total. The van der Waals surface area contributed by atoms with Crippen molar-refractivity contribution in [2.24, 2.45) is 0 Å². The first-order chi connectivity index (χ1) is 15.8. The summed E-state index contributed by atoms with van der Waals surface area (Å²) in [6, 6.07) is 27.2. The predicted molar refractivity (Wildman–Crippen MR) is 129 cm³/mol. The lowest BCUT2D eigenvalue weighted by atomic mass is 9.91. The van der Waals surface area contributed by atoms with E-state index < -0.39 is 0 Å². The van der Waals surface area contributed by atoms with E-state index in [-0.39, 0.29) is 5.91 Å². The minimum atomic E-state index is -0.250. The molecule has 0 bridgehead atoms. The summed E-state index contributed by atoms with van der Waals surface area (Å²) in [6.45, 7) is 0. The van der Waals surface area contributed by atoms with Crippen molar-refractivity contribution in [2.75, 3.05) is 10.6 Å². The van der Waals surface area contributed by atoms with Crippen LogP contribution in [0, 0.1) is 0 Å². The molecule has 5 nitrogen and oxygen atoms in total. The van der Waals surface area contributed by atoms with Crippen molar-refractivity contribution in [3.63, 3.8) is 0 Å². The standard InChI is InChI=1S/C27H19N3O2/c31-17-29-23-13-11-18-6-1-3-9-21(18)25(23)26-22-10-4-2-7-19(22)12-14-24(26)30-27(32)20-8-5-15-28-16-20/h1-17H,(H,29,31)(H,30,32). The number of rotatable bonds is 5. The monoisotopic (exact) mass is 417 g/mol. The van der Waals surface area contributed by atoms with Gasteiger partial charge in [0.2, 0.25) is 6.41 Å². The second-order valence-corrected chi connectivity index (χ2v) is 7.38. The summed E-state index contributed by atoms with van der Waals surface area (Å²) in [7, 11) is 0. The molecule has 1 heterocycles. The van der Waals surface area contributed by atoms with Gasteiger partial charge >= 0.3 is 0 Å². The zero-order valence-corrected chi connectivity index (χ0v) is 17.1. The molecule has 0 aliphatic rings. The van der Waals surface area contributed by atoms with Crippen LogP contribution in [0.2, 0.25) is 0 Å². The zero-order valence-electron chi connectivity index (χ0n) is 17.1. The smallest absolute Gasteiger partial charge is 0.257 e. The fourth-order valence-corrected chi connectivity index (χ4v) is 4.06. The molecule has 5 rings (SSSR count). The maximum absolute atomic E-state index is 13.0. The number of carbonyl (C=O) groups excluding carboxylic acids is 2. The average molecular weight is 417 g/mol. The Bertz CT molecular complexity index is 1460. The summed E-state index contributed by atoms with van der Waals surface area (Å²) < 4.78 is 0. The van der Waals surface area contributed by atoms with Crippen molar-refractivity contribution in [1.82, 2.24) is 4.98 Å². The van der Waals surface area contributed by atoms with E-state index in [1.165, 1.54) is 6.20 Å². The van der Waals surface area contributed by atoms with Crippen LogP contribution >= 0.6 is 0 Å². The van der Waals surface area contributed by atoms with Crippen LogP contribution in [-0.2, 0) is 4.79 Å². The molecule has 0 saturated carbocycles.